The molecule has 4 nitrogen and oxygen atoms in total. The van der Waals surface area contributed by atoms with Gasteiger partial charge in [-0.2, -0.15) is 0 Å². The van der Waals surface area contributed by atoms with Crippen molar-refractivity contribution >= 4 is 27.6 Å². The second-order valence-electron chi connectivity index (χ2n) is 5.25. The third kappa shape index (κ3) is 5.41. The topological polar surface area (TPSA) is 38.8 Å². The van der Waals surface area contributed by atoms with Crippen LogP contribution in [0.4, 0.5) is 0 Å². The van der Waals surface area contributed by atoms with Gasteiger partial charge in [-0.05, 0) is 34.7 Å². The number of alkyl halides is 1. The van der Waals surface area contributed by atoms with Gasteiger partial charge in [-0.3, -0.25) is 9.05 Å². The lowest BCUT2D eigenvalue weighted by Crippen LogP contribution is -2.47. The normalized spacial score (nSPS) is 14.1. The fraction of sp³-hybridized carbons (Fsp3) is 1.00. The molecule has 0 fully saturated rings. The molecule has 0 saturated heterocycles. The predicted molar refractivity (Wildman–Crippen MR) is 76.0 cm³/mol. The summed E-state index contributed by atoms with van der Waals surface area (Å²) in [5, 5.41) is 0. The molecule has 7 heteroatoms. The summed E-state index contributed by atoms with van der Waals surface area (Å²) < 4.78 is 25.6. The fourth-order valence-electron chi connectivity index (χ4n) is 1.12. The van der Waals surface area contributed by atoms with Crippen LogP contribution in [0.25, 0.3) is 0 Å². The standard InChI is InChI=1S/C10H25ClNO3PSi/c1-9(2)14-16(13,15-10(3)4)12(5)17(6,7)8-11/h9-10H,8H2,1-7H3. The Labute approximate surface area is 111 Å². The van der Waals surface area contributed by atoms with Crippen LogP contribution in [0, 0.1) is 0 Å². The Hall–Kier alpha value is 0.617. The van der Waals surface area contributed by atoms with Crippen LogP contribution in [0.15, 0.2) is 0 Å². The maximum Gasteiger partial charge on any atom is 0.402 e. The minimum atomic E-state index is -3.25. The summed E-state index contributed by atoms with van der Waals surface area (Å²) >= 11 is 5.96. The van der Waals surface area contributed by atoms with Crippen molar-refractivity contribution in [1.29, 1.82) is 0 Å². The first kappa shape index (κ1) is 17.6. The third-order valence-electron chi connectivity index (χ3n) is 2.26. The van der Waals surface area contributed by atoms with Crippen LogP contribution in [-0.4, -0.2) is 37.3 Å². The van der Waals surface area contributed by atoms with Crippen molar-refractivity contribution in [2.75, 3.05) is 12.6 Å². The van der Waals surface area contributed by atoms with Crippen LogP contribution in [0.1, 0.15) is 27.7 Å². The number of hydrogen-bond donors (Lipinski definition) is 0. The quantitative estimate of drug-likeness (QED) is 0.407. The van der Waals surface area contributed by atoms with Gasteiger partial charge in [-0.15, -0.1) is 11.6 Å². The summed E-state index contributed by atoms with van der Waals surface area (Å²) in [5.74, 6) is 0. The fourth-order valence-corrected chi connectivity index (χ4v) is 6.62. The van der Waals surface area contributed by atoms with Crippen LogP contribution < -0.4 is 0 Å². The Kier molecular flexibility index (Phi) is 6.93. The SMILES string of the molecule is CC(C)OP(=O)(OC(C)C)N(C)[Si](C)(C)CCl. The second-order valence-corrected chi connectivity index (χ2v) is 12.9. The minimum absolute atomic E-state index is 0.151. The Balaban J connectivity index is 5.11. The zero-order valence-electron chi connectivity index (χ0n) is 11.9. The third-order valence-corrected chi connectivity index (χ3v) is 11.1. The van der Waals surface area contributed by atoms with E-state index in [1.165, 1.54) is 0 Å². The van der Waals surface area contributed by atoms with Crippen LogP contribution in [-0.2, 0) is 13.6 Å². The highest BCUT2D eigenvalue weighted by molar-refractivity contribution is 7.53. The Morgan fingerprint density at radius 1 is 1.18 bits per heavy atom. The molecular formula is C10H25ClNO3PSi. The minimum Gasteiger partial charge on any atom is -0.294 e. The number of hydrogen-bond acceptors (Lipinski definition) is 3. The smallest absolute Gasteiger partial charge is 0.294 e. The van der Waals surface area contributed by atoms with Crippen LogP contribution in [0.3, 0.4) is 0 Å². The molecule has 0 bridgehead atoms. The van der Waals surface area contributed by atoms with E-state index >= 15 is 0 Å². The van der Waals surface area contributed by atoms with Gasteiger partial charge in [-0.25, -0.2) is 8.90 Å². The highest BCUT2D eigenvalue weighted by atomic mass is 35.5. The molecule has 0 saturated carbocycles. The predicted octanol–water partition coefficient (Wildman–Crippen LogP) is 3.86. The van der Waals surface area contributed by atoms with Gasteiger partial charge < -0.3 is 0 Å². The van der Waals surface area contributed by atoms with E-state index in [2.05, 4.69) is 0 Å². The molecule has 17 heavy (non-hydrogen) atoms. The summed E-state index contributed by atoms with van der Waals surface area (Å²) in [6.45, 7) is 11.5. The van der Waals surface area contributed by atoms with Gasteiger partial charge in [0.2, 0.25) is 0 Å². The molecule has 0 aliphatic carbocycles. The molecule has 0 aromatic heterocycles. The highest BCUT2D eigenvalue weighted by Crippen LogP contribution is 2.55. The van der Waals surface area contributed by atoms with Crippen molar-refractivity contribution in [3.05, 3.63) is 0 Å². The van der Waals surface area contributed by atoms with Gasteiger partial charge in [0.25, 0.3) is 0 Å². The molecule has 0 rings (SSSR count). The first-order valence-electron chi connectivity index (χ1n) is 5.82. The summed E-state index contributed by atoms with van der Waals surface area (Å²) in [4.78, 5) is 0. The molecular weight excluding hydrogens is 277 g/mol. The Morgan fingerprint density at radius 3 is 1.76 bits per heavy atom. The molecule has 0 radical (unpaired) electrons. The van der Waals surface area contributed by atoms with Crippen molar-refractivity contribution in [2.45, 2.75) is 53.0 Å². The van der Waals surface area contributed by atoms with Crippen molar-refractivity contribution in [2.24, 2.45) is 0 Å². The molecule has 0 unspecified atom stereocenters. The van der Waals surface area contributed by atoms with Crippen LogP contribution in [0.2, 0.25) is 13.1 Å². The van der Waals surface area contributed by atoms with Crippen molar-refractivity contribution in [1.82, 2.24) is 4.34 Å². The summed E-state index contributed by atoms with van der Waals surface area (Å²) in [6.07, 6.45) is -0.302. The maximum atomic E-state index is 12.8. The van der Waals surface area contributed by atoms with Crippen molar-refractivity contribution < 1.29 is 13.6 Å². The van der Waals surface area contributed by atoms with E-state index in [0.717, 1.165) is 0 Å². The lowest BCUT2D eigenvalue weighted by Gasteiger charge is -2.38. The monoisotopic (exact) mass is 301 g/mol. The van der Waals surface area contributed by atoms with Gasteiger partial charge in [-0.1, -0.05) is 13.1 Å². The maximum absolute atomic E-state index is 12.8. The van der Waals surface area contributed by atoms with Gasteiger partial charge in [0.05, 0.1) is 12.2 Å². The average molecular weight is 302 g/mol. The number of halogens is 1. The average Bonchev–Trinajstić information content (AvgIpc) is 2.13. The zero-order chi connectivity index (χ0) is 13.9. The summed E-state index contributed by atoms with van der Waals surface area (Å²) in [6, 6.07) is 0. The highest BCUT2D eigenvalue weighted by Gasteiger charge is 2.42. The lowest BCUT2D eigenvalue weighted by molar-refractivity contribution is 0.123. The van der Waals surface area contributed by atoms with Gasteiger partial charge in [0.1, 0.15) is 8.24 Å². The van der Waals surface area contributed by atoms with Crippen LogP contribution >= 0.6 is 19.3 Å². The van der Waals surface area contributed by atoms with E-state index in [1.807, 2.05) is 40.8 Å². The van der Waals surface area contributed by atoms with Gasteiger partial charge in [0, 0.05) is 5.50 Å². The van der Waals surface area contributed by atoms with E-state index < -0.39 is 16.0 Å². The van der Waals surface area contributed by atoms with Crippen molar-refractivity contribution in [3.8, 4) is 0 Å². The molecule has 0 spiro atoms. The Morgan fingerprint density at radius 2 is 1.53 bits per heavy atom. The van der Waals surface area contributed by atoms with Crippen molar-refractivity contribution in [3.63, 3.8) is 0 Å². The second kappa shape index (κ2) is 6.69. The molecule has 104 valence electrons. The van der Waals surface area contributed by atoms with E-state index in [0.29, 0.717) is 5.50 Å². The molecule has 0 amide bonds. The molecule has 0 atom stereocenters. The van der Waals surface area contributed by atoms with E-state index in [-0.39, 0.29) is 12.2 Å². The number of rotatable bonds is 7. The van der Waals surface area contributed by atoms with E-state index in [4.69, 9.17) is 20.6 Å². The molecule has 0 aromatic carbocycles. The molecule has 0 N–H and O–H groups in total. The molecule has 0 heterocycles. The Bertz CT molecular complexity index is 273. The summed E-state index contributed by atoms with van der Waals surface area (Å²) in [5.41, 5.74) is 0.483. The first-order chi connectivity index (χ1) is 7.55. The number of nitrogens with zero attached hydrogens (tertiary/aromatic N) is 1. The largest absolute Gasteiger partial charge is 0.402 e. The lowest BCUT2D eigenvalue weighted by atomic mass is 10.5. The first-order valence-corrected chi connectivity index (χ1v) is 11.0. The van der Waals surface area contributed by atoms with Crippen LogP contribution in [0.5, 0.6) is 0 Å². The van der Waals surface area contributed by atoms with E-state index in [9.17, 15) is 4.57 Å². The zero-order valence-corrected chi connectivity index (χ0v) is 14.5. The van der Waals surface area contributed by atoms with E-state index in [1.54, 1.807) is 11.4 Å². The van der Waals surface area contributed by atoms with Gasteiger partial charge >= 0.3 is 7.75 Å². The molecule has 0 aliphatic heterocycles. The molecule has 0 aliphatic rings. The molecule has 0 aromatic rings. The van der Waals surface area contributed by atoms with Gasteiger partial charge in [0.15, 0.2) is 0 Å². The summed E-state index contributed by atoms with van der Waals surface area (Å²) in [7, 11) is -3.44.